The van der Waals surface area contributed by atoms with Gasteiger partial charge in [-0.2, -0.15) is 0 Å². The second-order valence-corrected chi connectivity index (χ2v) is 9.62. The Morgan fingerprint density at radius 3 is 2.66 bits per heavy atom. The summed E-state index contributed by atoms with van der Waals surface area (Å²) in [6.07, 6.45) is -2.41. The van der Waals surface area contributed by atoms with Gasteiger partial charge >= 0.3 is 7.82 Å². The summed E-state index contributed by atoms with van der Waals surface area (Å²) in [6, 6.07) is 0. The van der Waals surface area contributed by atoms with E-state index in [9.17, 15) is 19.3 Å². The number of rotatable bonds is 7. The lowest BCUT2D eigenvalue weighted by molar-refractivity contribution is -0.0479. The van der Waals surface area contributed by atoms with Gasteiger partial charge in [0.05, 0.1) is 12.9 Å². The van der Waals surface area contributed by atoms with Crippen molar-refractivity contribution in [3.8, 4) is 0 Å². The Morgan fingerprint density at radius 2 is 2.03 bits per heavy atom. The molecule has 18 heteroatoms. The summed E-state index contributed by atoms with van der Waals surface area (Å²) in [5.74, 6) is 0.115. The van der Waals surface area contributed by atoms with Crippen LogP contribution in [0.25, 0.3) is 11.2 Å². The molecule has 6 N–H and O–H groups in total. The number of ether oxygens (including phenoxy) is 1. The molecule has 0 amide bonds. The van der Waals surface area contributed by atoms with Crippen LogP contribution in [-0.4, -0.2) is 78.3 Å². The van der Waals surface area contributed by atoms with Crippen LogP contribution in [0.4, 0.5) is 5.82 Å². The third kappa shape index (κ3) is 4.99. The molecule has 2 radical (unpaired) electrons. The van der Waals surface area contributed by atoms with Gasteiger partial charge in [0.1, 0.15) is 23.8 Å². The molecule has 1 saturated heterocycles. The van der Waals surface area contributed by atoms with E-state index < -0.39 is 46.4 Å². The molecule has 1 aliphatic heterocycles. The van der Waals surface area contributed by atoms with Crippen molar-refractivity contribution in [3.05, 3.63) is 6.33 Å². The Balaban J connectivity index is 1.80. The van der Waals surface area contributed by atoms with Crippen LogP contribution in [0.1, 0.15) is 6.23 Å². The van der Waals surface area contributed by atoms with Crippen LogP contribution in [0.2, 0.25) is 0 Å². The summed E-state index contributed by atoms with van der Waals surface area (Å²) in [4.78, 5) is 29.7. The zero-order chi connectivity index (χ0) is 21.6. The van der Waals surface area contributed by atoms with Crippen LogP contribution in [0, 0.1) is 0 Å². The molecular formula is C11H16BN5O9P2S. The quantitative estimate of drug-likeness (QED) is 0.145. The van der Waals surface area contributed by atoms with Gasteiger partial charge in [0.2, 0.25) is 7.57 Å². The third-order valence-electron chi connectivity index (χ3n) is 3.86. The second-order valence-electron chi connectivity index (χ2n) is 5.87. The van der Waals surface area contributed by atoms with Gasteiger partial charge in [-0.25, -0.2) is 23.8 Å². The number of nitrogens with zero attached hydrogens (tertiary/aromatic N) is 4. The lowest BCUT2D eigenvalue weighted by Crippen LogP contribution is -2.33. The molecule has 2 aromatic heterocycles. The highest BCUT2D eigenvalue weighted by atomic mass is 32.2. The Morgan fingerprint density at radius 1 is 1.34 bits per heavy atom. The van der Waals surface area contributed by atoms with Crippen LogP contribution < -0.4 is 5.73 Å². The zero-order valence-corrected chi connectivity index (χ0v) is 17.3. The van der Waals surface area contributed by atoms with E-state index in [1.54, 1.807) is 6.26 Å². The second kappa shape index (κ2) is 8.23. The number of aliphatic hydroxyl groups is 2. The number of phosphoric acid groups is 1. The van der Waals surface area contributed by atoms with Crippen LogP contribution >= 0.6 is 27.1 Å². The van der Waals surface area contributed by atoms with Crippen LogP contribution in [-0.2, 0) is 22.7 Å². The van der Waals surface area contributed by atoms with Gasteiger partial charge < -0.3 is 35.0 Å². The molecule has 0 spiro atoms. The lowest BCUT2D eigenvalue weighted by Gasteiger charge is -2.19. The summed E-state index contributed by atoms with van der Waals surface area (Å²) in [7, 11) is -4.73. The van der Waals surface area contributed by atoms with Gasteiger partial charge in [-0.3, -0.25) is 9.13 Å². The molecule has 1 fully saturated rings. The van der Waals surface area contributed by atoms with Crippen LogP contribution in [0.15, 0.2) is 11.5 Å². The van der Waals surface area contributed by atoms with Crippen molar-refractivity contribution in [2.45, 2.75) is 29.7 Å². The minimum atomic E-state index is -5.17. The molecule has 158 valence electrons. The number of aromatic nitrogens is 4. The number of aliphatic hydroxyl groups excluding tert-OH is 2. The molecule has 1 aliphatic rings. The molecule has 3 rings (SSSR count). The molecule has 0 unspecified atom stereocenters. The minimum absolute atomic E-state index is 0.115. The monoisotopic (exact) mass is 467 g/mol. The zero-order valence-electron chi connectivity index (χ0n) is 14.7. The van der Waals surface area contributed by atoms with Crippen LogP contribution in [0.5, 0.6) is 0 Å². The highest BCUT2D eigenvalue weighted by molar-refractivity contribution is 7.98. The molecule has 0 aromatic carbocycles. The third-order valence-corrected chi connectivity index (χ3v) is 6.68. The van der Waals surface area contributed by atoms with Gasteiger partial charge in [-0.1, -0.05) is 11.8 Å². The van der Waals surface area contributed by atoms with Gasteiger partial charge in [-0.15, -0.1) is 0 Å². The highest BCUT2D eigenvalue weighted by Crippen LogP contribution is 2.57. The van der Waals surface area contributed by atoms with Crippen LogP contribution in [0.3, 0.4) is 0 Å². The predicted molar refractivity (Wildman–Crippen MR) is 99.9 cm³/mol. The fourth-order valence-corrected chi connectivity index (χ4v) is 4.74. The average molecular weight is 467 g/mol. The van der Waals surface area contributed by atoms with E-state index in [4.69, 9.17) is 27.8 Å². The van der Waals surface area contributed by atoms with Crippen molar-refractivity contribution >= 4 is 51.6 Å². The Hall–Kier alpha value is -1.06. The van der Waals surface area contributed by atoms with Crippen molar-refractivity contribution in [1.29, 1.82) is 0 Å². The van der Waals surface area contributed by atoms with E-state index in [1.165, 1.54) is 22.7 Å². The molecule has 0 aliphatic carbocycles. The van der Waals surface area contributed by atoms with Crippen molar-refractivity contribution in [1.82, 2.24) is 19.5 Å². The van der Waals surface area contributed by atoms with E-state index in [1.807, 2.05) is 0 Å². The summed E-state index contributed by atoms with van der Waals surface area (Å²) < 4.78 is 37.9. The average Bonchev–Trinajstić information content (AvgIpc) is 3.13. The van der Waals surface area contributed by atoms with E-state index in [2.05, 4.69) is 23.8 Å². The highest BCUT2D eigenvalue weighted by Gasteiger charge is 2.45. The Bertz CT molecular complexity index is 1000. The van der Waals surface area contributed by atoms with E-state index in [-0.39, 0.29) is 17.0 Å². The molecule has 0 saturated carbocycles. The SMILES string of the molecule is [B][P@](=O)(OC[C@H]1O[C@@H](n2cnc3c(N)nc(SC)nc32)[C@H](O)[C@@H]1O)OP(=O)(O)O. The normalized spacial score (nSPS) is 27.3. The molecule has 5 atom stereocenters. The number of hydrogen-bond acceptors (Lipinski definition) is 12. The fraction of sp³-hybridized carbons (Fsp3) is 0.545. The summed E-state index contributed by atoms with van der Waals surface area (Å²) in [6.45, 7) is -0.692. The maximum absolute atomic E-state index is 11.8. The Kier molecular flexibility index (Phi) is 6.42. The molecule has 2 aromatic rings. The minimum Gasteiger partial charge on any atom is -0.387 e. The molecule has 3 heterocycles. The van der Waals surface area contributed by atoms with Crippen molar-refractivity contribution < 1.29 is 42.7 Å². The smallest absolute Gasteiger partial charge is 0.387 e. The maximum atomic E-state index is 11.8. The lowest BCUT2D eigenvalue weighted by atomic mass is 10.1. The largest absolute Gasteiger partial charge is 0.476 e. The fourth-order valence-electron chi connectivity index (χ4n) is 2.64. The van der Waals surface area contributed by atoms with Crippen molar-refractivity contribution in [2.75, 3.05) is 18.6 Å². The van der Waals surface area contributed by atoms with E-state index >= 15 is 0 Å². The summed E-state index contributed by atoms with van der Waals surface area (Å²) in [5, 5.41) is 20.9. The topological polar surface area (TPSA) is 212 Å². The first-order chi connectivity index (χ1) is 13.4. The van der Waals surface area contributed by atoms with Gasteiger partial charge in [0, 0.05) is 0 Å². The maximum Gasteiger partial charge on any atom is 0.476 e. The number of thioether (sulfide) groups is 1. The molecular weight excluding hydrogens is 451 g/mol. The standard InChI is InChI=1S/C11H16BN5O9P2S/c1-29-11-15-8(13)5-9(16-11)17(3-14-5)10-7(19)6(18)4(25-10)2-24-27(12,20)26-28(21,22)23/h3-4,6-7,10,18-19H,2H2,1H3,(H2,13,15,16)(H2,21,22,23)/t4-,6-,7-,10-,27+/m1/s1. The van der Waals surface area contributed by atoms with Gasteiger partial charge in [0.25, 0.3) is 7.47 Å². The molecule has 14 nitrogen and oxygen atoms in total. The number of imidazole rings is 1. The van der Waals surface area contributed by atoms with Gasteiger partial charge in [0.15, 0.2) is 22.8 Å². The Labute approximate surface area is 168 Å². The number of anilines is 1. The number of hydrogen-bond donors (Lipinski definition) is 5. The molecule has 0 bridgehead atoms. The number of nitrogens with two attached hydrogens (primary N) is 1. The van der Waals surface area contributed by atoms with E-state index in [0.717, 1.165) is 0 Å². The number of fused-ring (bicyclic) bond motifs is 1. The predicted octanol–water partition coefficient (Wildman–Crippen LogP) is -0.848. The molecule has 29 heavy (non-hydrogen) atoms. The number of nitrogen functional groups attached to an aromatic ring is 1. The van der Waals surface area contributed by atoms with E-state index in [0.29, 0.717) is 5.16 Å². The summed E-state index contributed by atoms with van der Waals surface area (Å²) in [5.41, 5.74) is 6.35. The van der Waals surface area contributed by atoms with Crippen molar-refractivity contribution in [3.63, 3.8) is 0 Å². The first kappa shape index (κ1) is 22.6. The first-order valence-electron chi connectivity index (χ1n) is 7.77. The van der Waals surface area contributed by atoms with Gasteiger partial charge in [-0.05, 0) is 6.26 Å². The first-order valence-corrected chi connectivity index (χ1v) is 12.1. The van der Waals surface area contributed by atoms with Crippen molar-refractivity contribution in [2.24, 2.45) is 0 Å². The summed E-state index contributed by atoms with van der Waals surface area (Å²) >= 11 is 1.23.